The highest BCUT2D eigenvalue weighted by Gasteiger charge is 2.05. The molecular formula is C14H13N3O2. The minimum Gasteiger partial charge on any atom is -0.461 e. The van der Waals surface area contributed by atoms with E-state index < -0.39 is 0 Å². The molecule has 2 rings (SSSR count). The van der Waals surface area contributed by atoms with Crippen LogP contribution in [0.1, 0.15) is 23.9 Å². The maximum Gasteiger partial charge on any atom is 0.302 e. The molecule has 0 bridgehead atoms. The van der Waals surface area contributed by atoms with Gasteiger partial charge in [0.2, 0.25) is 0 Å². The molecule has 2 aromatic rings. The predicted molar refractivity (Wildman–Crippen MR) is 68.5 cm³/mol. The summed E-state index contributed by atoms with van der Waals surface area (Å²) in [5.41, 5.74) is 3.06. The van der Waals surface area contributed by atoms with E-state index in [0.717, 1.165) is 16.9 Å². The van der Waals surface area contributed by atoms with E-state index in [2.05, 4.69) is 5.10 Å². The van der Waals surface area contributed by atoms with Crippen LogP contribution in [-0.4, -0.2) is 15.7 Å². The average molecular weight is 255 g/mol. The molecule has 0 saturated carbocycles. The number of nitriles is 1. The van der Waals surface area contributed by atoms with Gasteiger partial charge in [-0.05, 0) is 30.7 Å². The molecule has 0 amide bonds. The molecule has 0 aliphatic rings. The van der Waals surface area contributed by atoms with Gasteiger partial charge in [0.05, 0.1) is 5.69 Å². The topological polar surface area (TPSA) is 67.9 Å². The lowest BCUT2D eigenvalue weighted by Crippen LogP contribution is -2.01. The van der Waals surface area contributed by atoms with Gasteiger partial charge in [0.15, 0.2) is 5.69 Å². The second-order valence-electron chi connectivity index (χ2n) is 4.14. The minimum absolute atomic E-state index is 0.261. The fourth-order valence-corrected chi connectivity index (χ4v) is 1.71. The lowest BCUT2D eigenvalue weighted by atomic mass is 10.2. The van der Waals surface area contributed by atoms with Crippen LogP contribution in [0.2, 0.25) is 0 Å². The molecule has 1 aromatic carbocycles. The van der Waals surface area contributed by atoms with Gasteiger partial charge in [-0.2, -0.15) is 10.4 Å². The Hall–Kier alpha value is -2.61. The third kappa shape index (κ3) is 2.99. The Morgan fingerprint density at radius 3 is 2.63 bits per heavy atom. The first-order valence-corrected chi connectivity index (χ1v) is 5.79. The maximum atomic E-state index is 10.7. The molecule has 1 heterocycles. The molecular weight excluding hydrogens is 242 g/mol. The van der Waals surface area contributed by atoms with Gasteiger partial charge in [-0.15, -0.1) is 0 Å². The number of ether oxygens (including phenoxy) is 1. The summed E-state index contributed by atoms with van der Waals surface area (Å²) in [6.07, 6.45) is 0. The summed E-state index contributed by atoms with van der Waals surface area (Å²) >= 11 is 0. The largest absolute Gasteiger partial charge is 0.461 e. The Morgan fingerprint density at radius 1 is 1.42 bits per heavy atom. The Balaban J connectivity index is 2.20. The fraction of sp³-hybridized carbons (Fsp3) is 0.214. The molecule has 19 heavy (non-hydrogen) atoms. The van der Waals surface area contributed by atoms with Crippen molar-refractivity contribution in [2.24, 2.45) is 0 Å². The van der Waals surface area contributed by atoms with Crippen LogP contribution in [0.15, 0.2) is 30.3 Å². The number of aromatic nitrogens is 2. The van der Waals surface area contributed by atoms with Crippen molar-refractivity contribution < 1.29 is 9.53 Å². The van der Waals surface area contributed by atoms with Crippen molar-refractivity contribution >= 4 is 5.97 Å². The summed E-state index contributed by atoms with van der Waals surface area (Å²) in [4.78, 5) is 10.7. The van der Waals surface area contributed by atoms with Crippen molar-refractivity contribution in [3.63, 3.8) is 0 Å². The first-order chi connectivity index (χ1) is 9.10. The first kappa shape index (κ1) is 12.8. The maximum absolute atomic E-state index is 10.7. The molecule has 0 fully saturated rings. The smallest absolute Gasteiger partial charge is 0.302 e. The van der Waals surface area contributed by atoms with Crippen LogP contribution in [-0.2, 0) is 16.1 Å². The lowest BCUT2D eigenvalue weighted by molar-refractivity contribution is -0.142. The Labute approximate surface area is 111 Å². The molecule has 0 unspecified atom stereocenters. The van der Waals surface area contributed by atoms with Gasteiger partial charge in [-0.3, -0.25) is 4.79 Å². The third-order valence-electron chi connectivity index (χ3n) is 2.62. The van der Waals surface area contributed by atoms with E-state index in [1.165, 1.54) is 6.92 Å². The molecule has 5 heteroatoms. The van der Waals surface area contributed by atoms with E-state index in [-0.39, 0.29) is 12.6 Å². The first-order valence-electron chi connectivity index (χ1n) is 5.79. The number of carbonyl (C=O) groups is 1. The van der Waals surface area contributed by atoms with Crippen LogP contribution < -0.4 is 0 Å². The SMILES string of the molecule is CC(=O)OCc1ccc(-n2nc(C#N)cc2C)cc1. The molecule has 0 spiro atoms. The highest BCUT2D eigenvalue weighted by molar-refractivity contribution is 5.65. The molecule has 5 nitrogen and oxygen atoms in total. The summed E-state index contributed by atoms with van der Waals surface area (Å²) in [5.74, 6) is -0.300. The van der Waals surface area contributed by atoms with Crippen molar-refractivity contribution in [3.8, 4) is 11.8 Å². The minimum atomic E-state index is -0.300. The van der Waals surface area contributed by atoms with Gasteiger partial charge in [-0.25, -0.2) is 4.68 Å². The molecule has 96 valence electrons. The summed E-state index contributed by atoms with van der Waals surface area (Å²) in [6.45, 7) is 3.53. The summed E-state index contributed by atoms with van der Waals surface area (Å²) in [6, 6.07) is 11.2. The molecule has 0 aliphatic carbocycles. The Kier molecular flexibility index (Phi) is 3.62. The summed E-state index contributed by atoms with van der Waals surface area (Å²) < 4.78 is 6.62. The molecule has 0 saturated heterocycles. The van der Waals surface area contributed by atoms with Crippen LogP contribution in [0.5, 0.6) is 0 Å². The van der Waals surface area contributed by atoms with Gasteiger partial charge < -0.3 is 4.74 Å². The molecule has 0 atom stereocenters. The van der Waals surface area contributed by atoms with Crippen molar-refractivity contribution in [2.45, 2.75) is 20.5 Å². The van der Waals surface area contributed by atoms with E-state index in [1.807, 2.05) is 37.3 Å². The number of rotatable bonds is 3. The number of esters is 1. The number of carbonyl (C=O) groups excluding carboxylic acids is 1. The van der Waals surface area contributed by atoms with E-state index in [1.54, 1.807) is 10.7 Å². The van der Waals surface area contributed by atoms with Crippen LogP contribution in [0.25, 0.3) is 5.69 Å². The van der Waals surface area contributed by atoms with Crippen molar-refractivity contribution in [1.82, 2.24) is 9.78 Å². The van der Waals surface area contributed by atoms with Crippen LogP contribution >= 0.6 is 0 Å². The molecule has 0 aliphatic heterocycles. The van der Waals surface area contributed by atoms with Crippen LogP contribution in [0, 0.1) is 18.3 Å². The highest BCUT2D eigenvalue weighted by atomic mass is 16.5. The van der Waals surface area contributed by atoms with E-state index in [0.29, 0.717) is 5.69 Å². The quantitative estimate of drug-likeness (QED) is 0.788. The summed E-state index contributed by atoms with van der Waals surface area (Å²) in [7, 11) is 0. The lowest BCUT2D eigenvalue weighted by Gasteiger charge is -2.06. The zero-order valence-corrected chi connectivity index (χ0v) is 10.8. The van der Waals surface area contributed by atoms with Gasteiger partial charge in [-0.1, -0.05) is 12.1 Å². The standard InChI is InChI=1S/C14H13N3O2/c1-10-7-13(8-15)16-17(10)14-5-3-12(4-6-14)9-19-11(2)18/h3-7H,9H2,1-2H3. The number of hydrogen-bond donors (Lipinski definition) is 0. The summed E-state index contributed by atoms with van der Waals surface area (Å²) in [5, 5.41) is 13.0. The Morgan fingerprint density at radius 2 is 2.11 bits per heavy atom. The van der Waals surface area contributed by atoms with E-state index >= 15 is 0 Å². The second kappa shape index (κ2) is 5.36. The van der Waals surface area contributed by atoms with Crippen LogP contribution in [0.4, 0.5) is 0 Å². The molecule has 0 N–H and O–H groups in total. The fourth-order valence-electron chi connectivity index (χ4n) is 1.71. The normalized spacial score (nSPS) is 9.95. The predicted octanol–water partition coefficient (Wildman–Crippen LogP) is 2.12. The number of hydrogen-bond acceptors (Lipinski definition) is 4. The Bertz CT molecular complexity index is 636. The number of benzene rings is 1. The second-order valence-corrected chi connectivity index (χ2v) is 4.14. The highest BCUT2D eigenvalue weighted by Crippen LogP contribution is 2.13. The van der Waals surface area contributed by atoms with Crippen molar-refractivity contribution in [2.75, 3.05) is 0 Å². The van der Waals surface area contributed by atoms with E-state index in [4.69, 9.17) is 10.00 Å². The zero-order valence-electron chi connectivity index (χ0n) is 10.8. The van der Waals surface area contributed by atoms with E-state index in [9.17, 15) is 4.79 Å². The van der Waals surface area contributed by atoms with Crippen LogP contribution in [0.3, 0.4) is 0 Å². The average Bonchev–Trinajstić information content (AvgIpc) is 2.78. The van der Waals surface area contributed by atoms with Gasteiger partial charge in [0.1, 0.15) is 12.7 Å². The van der Waals surface area contributed by atoms with Gasteiger partial charge >= 0.3 is 5.97 Å². The van der Waals surface area contributed by atoms with Gasteiger partial charge in [0, 0.05) is 12.6 Å². The molecule has 0 radical (unpaired) electrons. The van der Waals surface area contributed by atoms with Crippen molar-refractivity contribution in [3.05, 3.63) is 47.3 Å². The third-order valence-corrected chi connectivity index (χ3v) is 2.62. The van der Waals surface area contributed by atoms with Crippen molar-refractivity contribution in [1.29, 1.82) is 5.26 Å². The number of aryl methyl sites for hydroxylation is 1. The molecule has 1 aromatic heterocycles. The number of nitrogens with zero attached hydrogens (tertiary/aromatic N) is 3. The zero-order chi connectivity index (χ0) is 13.8. The monoisotopic (exact) mass is 255 g/mol. The van der Waals surface area contributed by atoms with Gasteiger partial charge in [0.25, 0.3) is 0 Å².